The number of fused-ring (bicyclic) bond motifs is 1. The molecule has 1 amide bonds. The van der Waals surface area contributed by atoms with Crippen molar-refractivity contribution >= 4 is 32.6 Å². The van der Waals surface area contributed by atoms with E-state index in [1.165, 1.54) is 0 Å². The van der Waals surface area contributed by atoms with Gasteiger partial charge in [0.15, 0.2) is 0 Å². The Morgan fingerprint density at radius 3 is 2.53 bits per heavy atom. The lowest BCUT2D eigenvalue weighted by molar-refractivity contribution is 0.0913. The molecule has 0 heterocycles. The molecule has 0 saturated heterocycles. The summed E-state index contributed by atoms with van der Waals surface area (Å²) in [7, 11) is 0. The molecular formula is C16H18BrNO. The van der Waals surface area contributed by atoms with Gasteiger partial charge >= 0.3 is 0 Å². The molecule has 0 aliphatic carbocycles. The number of rotatable bonds is 4. The van der Waals surface area contributed by atoms with Crippen molar-refractivity contribution in [1.82, 2.24) is 5.32 Å². The number of hydrogen-bond donors (Lipinski definition) is 1. The zero-order valence-corrected chi connectivity index (χ0v) is 12.8. The van der Waals surface area contributed by atoms with Crippen molar-refractivity contribution in [2.24, 2.45) is 0 Å². The molecule has 0 radical (unpaired) electrons. The highest BCUT2D eigenvalue weighted by atomic mass is 79.9. The Bertz CT molecular complexity index is 590. The number of benzene rings is 2. The third-order valence-corrected chi connectivity index (χ3v) is 4.74. The first-order valence-corrected chi connectivity index (χ1v) is 7.57. The smallest absolute Gasteiger partial charge is 0.251 e. The number of carbonyl (C=O) groups excluding carboxylic acids is 1. The van der Waals surface area contributed by atoms with Gasteiger partial charge in [-0.2, -0.15) is 0 Å². The molecule has 19 heavy (non-hydrogen) atoms. The molecular weight excluding hydrogens is 302 g/mol. The molecule has 1 N–H and O–H groups in total. The number of hydrogen-bond acceptors (Lipinski definition) is 1. The summed E-state index contributed by atoms with van der Waals surface area (Å²) in [5, 5.41) is 6.07. The summed E-state index contributed by atoms with van der Waals surface area (Å²) in [5.74, 6) is -0.0189. The highest BCUT2D eigenvalue weighted by molar-refractivity contribution is 9.09. The molecule has 0 saturated carbocycles. The fraction of sp³-hybridized carbons (Fsp3) is 0.312. The Morgan fingerprint density at radius 2 is 1.89 bits per heavy atom. The van der Waals surface area contributed by atoms with Crippen molar-refractivity contribution in [3.63, 3.8) is 0 Å². The van der Waals surface area contributed by atoms with Crippen LogP contribution in [0.15, 0.2) is 42.5 Å². The molecule has 1 unspecified atom stereocenters. The van der Waals surface area contributed by atoms with Gasteiger partial charge in [-0.1, -0.05) is 53.2 Å². The number of halogens is 1. The molecule has 3 heteroatoms. The van der Waals surface area contributed by atoms with E-state index in [1.54, 1.807) is 0 Å². The molecule has 2 nitrogen and oxygen atoms in total. The molecule has 100 valence electrons. The van der Waals surface area contributed by atoms with Crippen LogP contribution in [0, 0.1) is 0 Å². The molecule has 2 aromatic carbocycles. The maximum Gasteiger partial charge on any atom is 0.251 e. The van der Waals surface area contributed by atoms with Crippen LogP contribution >= 0.6 is 15.9 Å². The lowest BCUT2D eigenvalue weighted by Crippen LogP contribution is -2.46. The van der Waals surface area contributed by atoms with Crippen molar-refractivity contribution in [1.29, 1.82) is 0 Å². The zero-order chi connectivity index (χ0) is 13.9. The summed E-state index contributed by atoms with van der Waals surface area (Å²) in [4.78, 5) is 12.3. The van der Waals surface area contributed by atoms with E-state index in [-0.39, 0.29) is 11.4 Å². The van der Waals surface area contributed by atoms with E-state index in [2.05, 4.69) is 28.2 Å². The summed E-state index contributed by atoms with van der Waals surface area (Å²) in [5.41, 5.74) is 0.502. The van der Waals surface area contributed by atoms with Crippen molar-refractivity contribution < 1.29 is 4.79 Å². The Hall–Kier alpha value is -1.35. The number of amides is 1. The maximum absolute atomic E-state index is 12.3. The van der Waals surface area contributed by atoms with Crippen molar-refractivity contribution in [3.8, 4) is 0 Å². The van der Waals surface area contributed by atoms with Crippen LogP contribution in [0.25, 0.3) is 10.8 Å². The van der Waals surface area contributed by atoms with Crippen molar-refractivity contribution in [3.05, 3.63) is 48.0 Å². The molecule has 2 rings (SSSR count). The first-order valence-electron chi connectivity index (χ1n) is 6.45. The van der Waals surface area contributed by atoms with Gasteiger partial charge < -0.3 is 5.32 Å². The molecule has 0 spiro atoms. The van der Waals surface area contributed by atoms with Gasteiger partial charge in [0.2, 0.25) is 0 Å². The summed E-state index contributed by atoms with van der Waals surface area (Å²) in [6, 6.07) is 13.9. The van der Waals surface area contributed by atoms with Crippen LogP contribution in [0.4, 0.5) is 0 Å². The lowest BCUT2D eigenvalue weighted by atomic mass is 10.0. The lowest BCUT2D eigenvalue weighted by Gasteiger charge is -2.27. The van der Waals surface area contributed by atoms with Gasteiger partial charge in [-0.3, -0.25) is 4.79 Å². The normalized spacial score (nSPS) is 14.1. The van der Waals surface area contributed by atoms with E-state index in [4.69, 9.17) is 0 Å². The van der Waals surface area contributed by atoms with E-state index in [1.807, 2.05) is 49.4 Å². The Labute approximate surface area is 122 Å². The summed E-state index contributed by atoms with van der Waals surface area (Å²) >= 11 is 3.46. The maximum atomic E-state index is 12.3. The first kappa shape index (κ1) is 14.1. The van der Waals surface area contributed by atoms with Crippen LogP contribution in [0.3, 0.4) is 0 Å². The molecule has 2 aromatic rings. The second-order valence-corrected chi connectivity index (χ2v) is 5.62. The average molecular weight is 320 g/mol. The van der Waals surface area contributed by atoms with E-state index in [9.17, 15) is 4.79 Å². The van der Waals surface area contributed by atoms with Gasteiger partial charge in [0, 0.05) is 16.4 Å². The van der Waals surface area contributed by atoms with Crippen LogP contribution in [-0.2, 0) is 0 Å². The van der Waals surface area contributed by atoms with Gasteiger partial charge in [-0.15, -0.1) is 0 Å². The molecule has 0 bridgehead atoms. The highest BCUT2D eigenvalue weighted by Crippen LogP contribution is 2.18. The Balaban J connectivity index is 2.26. The van der Waals surface area contributed by atoms with E-state index in [0.717, 1.165) is 22.5 Å². The van der Waals surface area contributed by atoms with Crippen LogP contribution in [0.5, 0.6) is 0 Å². The van der Waals surface area contributed by atoms with Crippen LogP contribution in [-0.4, -0.2) is 16.8 Å². The zero-order valence-electron chi connectivity index (χ0n) is 11.2. The fourth-order valence-electron chi connectivity index (χ4n) is 1.89. The quantitative estimate of drug-likeness (QED) is 0.843. The minimum Gasteiger partial charge on any atom is -0.346 e. The van der Waals surface area contributed by atoms with Crippen LogP contribution in [0.2, 0.25) is 0 Å². The SMILES string of the molecule is CCC(C)(CBr)NC(=O)c1ccc2ccccc2c1. The summed E-state index contributed by atoms with van der Waals surface area (Å²) < 4.78 is 0. The van der Waals surface area contributed by atoms with Crippen molar-refractivity contribution in [2.75, 3.05) is 5.33 Å². The Morgan fingerprint density at radius 1 is 1.21 bits per heavy atom. The second-order valence-electron chi connectivity index (χ2n) is 5.06. The molecule has 0 fully saturated rings. The first-order chi connectivity index (χ1) is 9.08. The summed E-state index contributed by atoms with van der Waals surface area (Å²) in [6.45, 7) is 4.11. The van der Waals surface area contributed by atoms with Crippen LogP contribution < -0.4 is 5.32 Å². The minimum atomic E-state index is -0.206. The molecule has 0 aliphatic heterocycles. The predicted molar refractivity (Wildman–Crippen MR) is 83.9 cm³/mol. The fourth-order valence-corrected chi connectivity index (χ4v) is 2.43. The highest BCUT2D eigenvalue weighted by Gasteiger charge is 2.23. The van der Waals surface area contributed by atoms with Gasteiger partial charge in [-0.25, -0.2) is 0 Å². The molecule has 1 atom stereocenters. The monoisotopic (exact) mass is 319 g/mol. The largest absolute Gasteiger partial charge is 0.346 e. The van der Waals surface area contributed by atoms with E-state index < -0.39 is 0 Å². The summed E-state index contributed by atoms with van der Waals surface area (Å²) in [6.07, 6.45) is 0.886. The predicted octanol–water partition coefficient (Wildman–Crippen LogP) is 4.13. The number of nitrogens with one attached hydrogen (secondary N) is 1. The minimum absolute atomic E-state index is 0.0189. The third kappa shape index (κ3) is 3.16. The Kier molecular flexibility index (Phi) is 4.25. The number of carbonyl (C=O) groups is 1. The van der Waals surface area contributed by atoms with E-state index >= 15 is 0 Å². The second kappa shape index (κ2) is 5.74. The van der Waals surface area contributed by atoms with E-state index in [0.29, 0.717) is 5.56 Å². The van der Waals surface area contributed by atoms with Gasteiger partial charge in [0.1, 0.15) is 0 Å². The standard InChI is InChI=1S/C16H18BrNO/c1-3-16(2,11-17)18-15(19)14-9-8-12-6-4-5-7-13(12)10-14/h4-10H,3,11H2,1-2H3,(H,18,19). The van der Waals surface area contributed by atoms with Crippen LogP contribution in [0.1, 0.15) is 30.6 Å². The average Bonchev–Trinajstić information content (AvgIpc) is 2.46. The van der Waals surface area contributed by atoms with Gasteiger partial charge in [0.05, 0.1) is 0 Å². The van der Waals surface area contributed by atoms with Gasteiger partial charge in [0.25, 0.3) is 5.91 Å². The number of alkyl halides is 1. The molecule has 0 aromatic heterocycles. The topological polar surface area (TPSA) is 29.1 Å². The van der Waals surface area contributed by atoms with Crippen molar-refractivity contribution in [2.45, 2.75) is 25.8 Å². The third-order valence-electron chi connectivity index (χ3n) is 3.50. The van der Waals surface area contributed by atoms with Gasteiger partial charge in [-0.05, 0) is 36.2 Å². The molecule has 0 aliphatic rings.